The highest BCUT2D eigenvalue weighted by Crippen LogP contribution is 2.34. The van der Waals surface area contributed by atoms with Gasteiger partial charge in [-0.15, -0.1) is 0 Å². The van der Waals surface area contributed by atoms with Crippen LogP contribution in [0.1, 0.15) is 87.1 Å². The van der Waals surface area contributed by atoms with E-state index in [-0.39, 0.29) is 46.6 Å². The van der Waals surface area contributed by atoms with Crippen LogP contribution in [0.2, 0.25) is 0 Å². The molecular formula is C60H52O17. The van der Waals surface area contributed by atoms with Gasteiger partial charge in [0.1, 0.15) is 0 Å². The van der Waals surface area contributed by atoms with Crippen molar-refractivity contribution in [3.63, 3.8) is 0 Å². The van der Waals surface area contributed by atoms with E-state index in [1.807, 2.05) is 0 Å². The van der Waals surface area contributed by atoms with Gasteiger partial charge < -0.3 is 51.8 Å². The number of hydrogen-bond acceptors (Lipinski definition) is 17. The number of carbonyl (C=O) groups excluding carboxylic acids is 6. The van der Waals surface area contributed by atoms with Crippen LogP contribution in [0.25, 0.3) is 0 Å². The highest BCUT2D eigenvalue weighted by Gasteiger charge is 2.53. The third-order valence-corrected chi connectivity index (χ3v) is 12.6. The zero-order valence-corrected chi connectivity index (χ0v) is 41.6. The van der Waals surface area contributed by atoms with Crippen LogP contribution >= 0.6 is 0 Å². The number of esters is 6. The summed E-state index contributed by atoms with van der Waals surface area (Å²) >= 11 is 0. The lowest BCUT2D eigenvalue weighted by Gasteiger charge is -2.43. The second kappa shape index (κ2) is 25.2. The topological polar surface area (TPSA) is 208 Å². The molecule has 0 spiro atoms. The first-order valence-electron chi connectivity index (χ1n) is 24.6. The van der Waals surface area contributed by atoms with Gasteiger partial charge in [-0.05, 0) is 86.6 Å². The normalized spacial score (nSPS) is 22.8. The monoisotopic (exact) mass is 1040 g/mol. The van der Waals surface area contributed by atoms with Gasteiger partial charge in [-0.2, -0.15) is 0 Å². The van der Waals surface area contributed by atoms with Crippen molar-refractivity contribution in [2.75, 3.05) is 0 Å². The molecule has 6 aromatic carbocycles. The molecule has 0 saturated carbocycles. The van der Waals surface area contributed by atoms with Crippen LogP contribution in [-0.2, 0) is 60.6 Å². The number of furan rings is 1. The van der Waals surface area contributed by atoms with Crippen LogP contribution in [0.3, 0.4) is 0 Å². The Bertz CT molecular complexity index is 2880. The van der Waals surface area contributed by atoms with E-state index in [2.05, 4.69) is 0 Å². The Balaban J connectivity index is 0.987. The average molecular weight is 1050 g/mol. The first-order chi connectivity index (χ1) is 37.5. The summed E-state index contributed by atoms with van der Waals surface area (Å²) in [7, 11) is 0. The molecule has 1 aromatic heterocycles. The predicted molar refractivity (Wildman–Crippen MR) is 271 cm³/mol. The van der Waals surface area contributed by atoms with Gasteiger partial charge in [-0.3, -0.25) is 0 Å². The lowest BCUT2D eigenvalue weighted by atomic mass is 9.98. The summed E-state index contributed by atoms with van der Waals surface area (Å²) in [4.78, 5) is 82.8. The van der Waals surface area contributed by atoms with Crippen LogP contribution in [0.5, 0.6) is 0 Å². The second-order valence-corrected chi connectivity index (χ2v) is 17.9. The zero-order valence-electron chi connectivity index (χ0n) is 41.6. The van der Waals surface area contributed by atoms with Gasteiger partial charge in [0.25, 0.3) is 0 Å². The maximum absolute atomic E-state index is 13.9. The zero-order chi connectivity index (χ0) is 53.7. The van der Waals surface area contributed by atoms with Crippen molar-refractivity contribution in [3.8, 4) is 0 Å². The van der Waals surface area contributed by atoms with Crippen molar-refractivity contribution in [2.45, 2.75) is 88.5 Å². The quantitative estimate of drug-likeness (QED) is 0.0580. The molecule has 2 unspecified atom stereocenters. The molecule has 0 N–H and O–H groups in total. The van der Waals surface area contributed by atoms with E-state index in [9.17, 15) is 28.8 Å². The Morgan fingerprint density at radius 2 is 0.545 bits per heavy atom. The summed E-state index contributed by atoms with van der Waals surface area (Å²) in [5.41, 5.74) is 1.88. The van der Waals surface area contributed by atoms with Crippen LogP contribution in [0.4, 0.5) is 0 Å². The number of carbonyl (C=O) groups is 6. The molecule has 17 nitrogen and oxygen atoms in total. The van der Waals surface area contributed by atoms with E-state index < -0.39 is 97.2 Å². The van der Waals surface area contributed by atoms with Crippen molar-refractivity contribution in [1.82, 2.24) is 0 Å². The Morgan fingerprint density at radius 3 is 0.792 bits per heavy atom. The second-order valence-electron chi connectivity index (χ2n) is 17.9. The summed E-state index contributed by atoms with van der Waals surface area (Å²) in [5, 5.41) is 0. The van der Waals surface area contributed by atoms with Crippen LogP contribution in [0, 0.1) is 0 Å². The molecule has 10 atom stereocenters. The Labute approximate surface area is 442 Å². The van der Waals surface area contributed by atoms with E-state index in [0.717, 1.165) is 0 Å². The molecule has 2 fully saturated rings. The van der Waals surface area contributed by atoms with Gasteiger partial charge in [0.05, 0.1) is 71.3 Å². The van der Waals surface area contributed by atoms with Gasteiger partial charge in [0.15, 0.2) is 49.2 Å². The maximum Gasteiger partial charge on any atom is 0.338 e. The minimum atomic E-state index is -1.54. The van der Waals surface area contributed by atoms with Crippen LogP contribution in [0.15, 0.2) is 199 Å². The minimum Gasteiger partial charge on any atom is -0.472 e. The Kier molecular flexibility index (Phi) is 17.4. The molecule has 17 heteroatoms. The van der Waals surface area contributed by atoms with Gasteiger partial charge in [0.2, 0.25) is 0 Å². The molecule has 0 aliphatic carbocycles. The van der Waals surface area contributed by atoms with Gasteiger partial charge in [-0.25, -0.2) is 28.8 Å². The van der Waals surface area contributed by atoms with Crippen molar-refractivity contribution < 1.29 is 80.6 Å². The highest BCUT2D eigenvalue weighted by atomic mass is 16.7. The maximum atomic E-state index is 13.9. The average Bonchev–Trinajstić information content (AvgIpc) is 3.96. The largest absolute Gasteiger partial charge is 0.472 e. The predicted octanol–water partition coefficient (Wildman–Crippen LogP) is 9.16. The lowest BCUT2D eigenvalue weighted by molar-refractivity contribution is -0.295. The molecule has 7 aromatic rings. The van der Waals surface area contributed by atoms with E-state index >= 15 is 0 Å². The molecule has 77 heavy (non-hydrogen) atoms. The number of rotatable bonds is 18. The van der Waals surface area contributed by atoms with Gasteiger partial charge in [-0.1, -0.05) is 109 Å². The van der Waals surface area contributed by atoms with E-state index in [4.69, 9.17) is 51.8 Å². The van der Waals surface area contributed by atoms with Crippen molar-refractivity contribution in [1.29, 1.82) is 0 Å². The summed E-state index contributed by atoms with van der Waals surface area (Å²) in [5.74, 6) is -4.74. The van der Waals surface area contributed by atoms with Crippen molar-refractivity contribution in [3.05, 3.63) is 239 Å². The van der Waals surface area contributed by atoms with E-state index in [1.165, 1.54) is 36.8 Å². The Morgan fingerprint density at radius 1 is 0.325 bits per heavy atom. The highest BCUT2D eigenvalue weighted by molar-refractivity contribution is 5.92. The first kappa shape index (κ1) is 53.1. The molecule has 0 amide bonds. The van der Waals surface area contributed by atoms with Crippen molar-refractivity contribution >= 4 is 35.8 Å². The molecule has 2 aliphatic heterocycles. The molecular weight excluding hydrogens is 993 g/mol. The third-order valence-electron chi connectivity index (χ3n) is 12.6. The molecule has 394 valence electrons. The van der Waals surface area contributed by atoms with Crippen molar-refractivity contribution in [2.24, 2.45) is 0 Å². The number of benzene rings is 6. The minimum absolute atomic E-state index is 0.162. The summed E-state index contributed by atoms with van der Waals surface area (Å²) in [6, 6.07) is 48.8. The SMILES string of the molecule is C[C@H]1OC(OCc2cocc2COC2O[C@H](C)[C@H](OC(=O)c3ccccc3)[C@H](OC(=O)c3ccccc3)[C@H]2OC(=O)c2ccccc2)[C@H](OC(=O)c2ccccc2)[C@@H](OC(=O)c2ccccc2)[C@H]1OC(=O)c1ccccc1. The summed E-state index contributed by atoms with van der Waals surface area (Å²) < 4.78 is 67.7. The molecule has 9 rings (SSSR count). The smallest absolute Gasteiger partial charge is 0.338 e. The molecule has 0 radical (unpaired) electrons. The standard InChI is InChI=1S/C60H52O17/c1-37-47(72-53(61)39-21-9-3-10-22-39)49(74-55(63)41-25-13-5-14-26-41)51(76-57(65)43-29-17-7-18-30-43)59(70-37)68-35-45-33-67-34-46(45)36-69-60-52(77-58(66)44-31-19-8-20-32-44)50(75-56(64)42-27-15-6-16-28-42)48(38(2)71-60)73-54(62)40-23-11-4-12-24-40/h3-34,37-38,47-52,59-60H,35-36H2,1-2H3/t37-,38-,47+,48+,49+,50+,51-,52-,59?,60?/m1/s1. The molecule has 2 aliphatic rings. The fourth-order valence-corrected chi connectivity index (χ4v) is 8.60. The van der Waals surface area contributed by atoms with Crippen LogP contribution < -0.4 is 0 Å². The molecule has 2 saturated heterocycles. The molecule has 0 bridgehead atoms. The number of hydrogen-bond donors (Lipinski definition) is 0. The summed E-state index contributed by atoms with van der Waals surface area (Å²) in [6.07, 6.45) is -10.9. The molecule has 3 heterocycles. The van der Waals surface area contributed by atoms with E-state index in [0.29, 0.717) is 11.1 Å². The lowest BCUT2D eigenvalue weighted by Crippen LogP contribution is -2.61. The van der Waals surface area contributed by atoms with Crippen LogP contribution in [-0.4, -0.2) is 97.2 Å². The Hall–Kier alpha value is -8.74. The fraction of sp³-hybridized carbons (Fsp3) is 0.233. The number of ether oxygens (including phenoxy) is 10. The van der Waals surface area contributed by atoms with Gasteiger partial charge in [0, 0.05) is 11.1 Å². The summed E-state index contributed by atoms with van der Waals surface area (Å²) in [6.45, 7) is 2.61. The van der Waals surface area contributed by atoms with E-state index in [1.54, 1.807) is 172 Å². The fourth-order valence-electron chi connectivity index (χ4n) is 8.60. The van der Waals surface area contributed by atoms with Gasteiger partial charge >= 0.3 is 35.8 Å². The first-order valence-corrected chi connectivity index (χ1v) is 24.6. The third kappa shape index (κ3) is 13.2.